The van der Waals surface area contributed by atoms with Crippen LogP contribution in [0.15, 0.2) is 0 Å². The predicted molar refractivity (Wildman–Crippen MR) is 69.1 cm³/mol. The molecule has 1 aromatic rings. The van der Waals surface area contributed by atoms with Crippen LogP contribution in [0.4, 0.5) is 5.13 Å². The van der Waals surface area contributed by atoms with E-state index in [4.69, 9.17) is 5.11 Å². The number of aryl methyl sites for hydroxylation is 1. The fraction of sp³-hybridized carbons (Fsp3) is 0.667. The number of carboxylic acid groups (broad SMARTS) is 1. The second-order valence-corrected chi connectivity index (χ2v) is 5.78. The topological polar surface area (TPSA) is 53.4 Å². The molecule has 1 aliphatic rings. The van der Waals surface area contributed by atoms with Gasteiger partial charge in [0.2, 0.25) is 0 Å². The minimum absolute atomic E-state index is 0.207. The molecule has 0 saturated carbocycles. The Hall–Kier alpha value is -1.10. The van der Waals surface area contributed by atoms with Crippen molar-refractivity contribution in [2.75, 3.05) is 4.90 Å². The average Bonchev–Trinajstić information content (AvgIpc) is 2.81. The summed E-state index contributed by atoms with van der Waals surface area (Å²) in [5.41, 5.74) is 0.207. The second-order valence-electron chi connectivity index (χ2n) is 4.60. The fourth-order valence-corrected chi connectivity index (χ4v) is 3.58. The van der Waals surface area contributed by atoms with Crippen molar-refractivity contribution in [1.82, 2.24) is 4.98 Å². The van der Waals surface area contributed by atoms with E-state index in [9.17, 15) is 4.79 Å². The summed E-state index contributed by atoms with van der Waals surface area (Å²) in [4.78, 5) is 18.4. The molecular formula is C12H18N2O2S. The number of thiazole rings is 1. The van der Waals surface area contributed by atoms with Crippen molar-refractivity contribution in [3.05, 3.63) is 10.6 Å². The molecule has 2 atom stereocenters. The molecule has 0 bridgehead atoms. The molecule has 1 fully saturated rings. The number of rotatable bonds is 3. The molecule has 2 rings (SSSR count). The van der Waals surface area contributed by atoms with Crippen LogP contribution in [0.25, 0.3) is 0 Å². The quantitative estimate of drug-likeness (QED) is 0.901. The Bertz CT molecular complexity index is 430. The third-order valence-electron chi connectivity index (χ3n) is 3.47. The van der Waals surface area contributed by atoms with Gasteiger partial charge < -0.3 is 10.0 Å². The lowest BCUT2D eigenvalue weighted by Gasteiger charge is -2.27. The van der Waals surface area contributed by atoms with Gasteiger partial charge in [-0.15, -0.1) is 11.3 Å². The molecule has 1 aromatic heterocycles. The number of hydrogen-bond acceptors (Lipinski definition) is 4. The van der Waals surface area contributed by atoms with Crippen LogP contribution in [0, 0.1) is 6.92 Å². The monoisotopic (exact) mass is 254 g/mol. The second kappa shape index (κ2) is 4.64. The zero-order chi connectivity index (χ0) is 12.6. The van der Waals surface area contributed by atoms with Crippen LogP contribution in [0.2, 0.25) is 0 Å². The lowest BCUT2D eigenvalue weighted by molar-refractivity contribution is 0.0690. The molecule has 17 heavy (non-hydrogen) atoms. The normalized spacial score (nSPS) is 24.3. The fourth-order valence-electron chi connectivity index (χ4n) is 2.51. The largest absolute Gasteiger partial charge is 0.476 e. The van der Waals surface area contributed by atoms with Crippen LogP contribution in [0.3, 0.4) is 0 Å². The Balaban J connectivity index is 2.33. The molecule has 2 heterocycles. The van der Waals surface area contributed by atoms with Crippen molar-refractivity contribution < 1.29 is 9.90 Å². The molecule has 1 aliphatic heterocycles. The first-order valence-electron chi connectivity index (χ1n) is 6.03. The number of carboxylic acids is 1. The van der Waals surface area contributed by atoms with E-state index in [0.29, 0.717) is 12.1 Å². The summed E-state index contributed by atoms with van der Waals surface area (Å²) < 4.78 is 0. The number of aromatic nitrogens is 1. The highest BCUT2D eigenvalue weighted by molar-refractivity contribution is 7.15. The van der Waals surface area contributed by atoms with E-state index in [1.807, 2.05) is 6.92 Å². The summed E-state index contributed by atoms with van der Waals surface area (Å²) >= 11 is 1.50. The number of carbonyl (C=O) groups is 1. The molecule has 1 saturated heterocycles. The van der Waals surface area contributed by atoms with Crippen molar-refractivity contribution in [2.24, 2.45) is 0 Å². The first-order chi connectivity index (χ1) is 8.04. The standard InChI is InChI=1S/C12H18N2O2S/c1-4-9-6-5-7(2)14(9)12-13-10(11(15)16)8(3)17-12/h7,9H,4-6H2,1-3H3,(H,15,16). The average molecular weight is 254 g/mol. The minimum Gasteiger partial charge on any atom is -0.476 e. The third-order valence-corrected chi connectivity index (χ3v) is 4.45. The lowest BCUT2D eigenvalue weighted by atomic mass is 10.2. The van der Waals surface area contributed by atoms with Gasteiger partial charge in [-0.05, 0) is 33.1 Å². The van der Waals surface area contributed by atoms with Gasteiger partial charge in [-0.2, -0.15) is 0 Å². The van der Waals surface area contributed by atoms with Gasteiger partial charge in [0, 0.05) is 17.0 Å². The molecule has 1 N–H and O–H groups in total. The summed E-state index contributed by atoms with van der Waals surface area (Å²) in [6, 6.07) is 0.976. The zero-order valence-corrected chi connectivity index (χ0v) is 11.3. The van der Waals surface area contributed by atoms with Gasteiger partial charge in [-0.1, -0.05) is 6.92 Å². The number of aromatic carboxylic acids is 1. The Morgan fingerprint density at radius 1 is 1.59 bits per heavy atom. The van der Waals surface area contributed by atoms with E-state index in [-0.39, 0.29) is 5.69 Å². The molecular weight excluding hydrogens is 236 g/mol. The summed E-state index contributed by atoms with van der Waals surface area (Å²) in [5.74, 6) is -0.926. The smallest absolute Gasteiger partial charge is 0.355 e. The Morgan fingerprint density at radius 2 is 2.29 bits per heavy atom. The maximum absolute atomic E-state index is 11.0. The van der Waals surface area contributed by atoms with E-state index in [2.05, 4.69) is 23.7 Å². The van der Waals surface area contributed by atoms with Crippen LogP contribution in [-0.4, -0.2) is 28.1 Å². The zero-order valence-electron chi connectivity index (χ0n) is 10.4. The molecule has 2 unspecified atom stereocenters. The van der Waals surface area contributed by atoms with Crippen LogP contribution in [0.1, 0.15) is 48.5 Å². The van der Waals surface area contributed by atoms with E-state index >= 15 is 0 Å². The van der Waals surface area contributed by atoms with Crippen molar-refractivity contribution in [3.63, 3.8) is 0 Å². The summed E-state index contributed by atoms with van der Waals surface area (Å²) in [5, 5.41) is 9.91. The Morgan fingerprint density at radius 3 is 2.82 bits per heavy atom. The highest BCUT2D eigenvalue weighted by Gasteiger charge is 2.32. The molecule has 0 radical (unpaired) electrons. The van der Waals surface area contributed by atoms with Gasteiger partial charge in [0.05, 0.1) is 0 Å². The summed E-state index contributed by atoms with van der Waals surface area (Å²) in [6.07, 6.45) is 3.43. The summed E-state index contributed by atoms with van der Waals surface area (Å²) in [7, 11) is 0. The van der Waals surface area contributed by atoms with Crippen molar-refractivity contribution in [1.29, 1.82) is 0 Å². The van der Waals surface area contributed by atoms with Gasteiger partial charge in [-0.3, -0.25) is 0 Å². The first-order valence-corrected chi connectivity index (χ1v) is 6.85. The maximum atomic E-state index is 11.0. The molecule has 0 aromatic carbocycles. The van der Waals surface area contributed by atoms with Crippen molar-refractivity contribution in [2.45, 2.75) is 52.1 Å². The van der Waals surface area contributed by atoms with Gasteiger partial charge in [0.15, 0.2) is 10.8 Å². The van der Waals surface area contributed by atoms with Crippen LogP contribution >= 0.6 is 11.3 Å². The Kier molecular flexibility index (Phi) is 3.38. The third kappa shape index (κ3) is 2.16. The van der Waals surface area contributed by atoms with E-state index in [1.54, 1.807) is 0 Å². The highest BCUT2D eigenvalue weighted by atomic mass is 32.1. The molecule has 5 heteroatoms. The number of nitrogens with zero attached hydrogens (tertiary/aromatic N) is 2. The predicted octanol–water partition coefficient (Wildman–Crippen LogP) is 2.92. The van der Waals surface area contributed by atoms with Crippen LogP contribution in [-0.2, 0) is 0 Å². The van der Waals surface area contributed by atoms with Crippen LogP contribution < -0.4 is 4.90 Å². The van der Waals surface area contributed by atoms with Crippen LogP contribution in [0.5, 0.6) is 0 Å². The molecule has 94 valence electrons. The Labute approximate surface area is 105 Å². The number of hydrogen-bond donors (Lipinski definition) is 1. The van der Waals surface area contributed by atoms with Crippen molar-refractivity contribution >= 4 is 22.4 Å². The van der Waals surface area contributed by atoms with E-state index in [0.717, 1.165) is 16.4 Å². The molecule has 0 amide bonds. The van der Waals surface area contributed by atoms with Gasteiger partial charge in [-0.25, -0.2) is 9.78 Å². The van der Waals surface area contributed by atoms with Gasteiger partial charge >= 0.3 is 5.97 Å². The SMILES string of the molecule is CCC1CCC(C)N1c1nc(C(=O)O)c(C)s1. The molecule has 4 nitrogen and oxygen atoms in total. The highest BCUT2D eigenvalue weighted by Crippen LogP contribution is 2.35. The van der Waals surface area contributed by atoms with Gasteiger partial charge in [0.1, 0.15) is 0 Å². The first kappa shape index (κ1) is 12.4. The lowest BCUT2D eigenvalue weighted by Crippen LogP contribution is -2.34. The molecule has 0 spiro atoms. The van der Waals surface area contributed by atoms with Crippen molar-refractivity contribution in [3.8, 4) is 0 Å². The summed E-state index contributed by atoms with van der Waals surface area (Å²) in [6.45, 7) is 6.19. The maximum Gasteiger partial charge on any atom is 0.355 e. The van der Waals surface area contributed by atoms with E-state index in [1.165, 1.54) is 24.2 Å². The number of anilines is 1. The molecule has 0 aliphatic carbocycles. The van der Waals surface area contributed by atoms with E-state index < -0.39 is 5.97 Å². The minimum atomic E-state index is -0.926. The van der Waals surface area contributed by atoms with Gasteiger partial charge in [0.25, 0.3) is 0 Å².